The molecule has 2 saturated heterocycles. The number of urea groups is 1. The van der Waals surface area contributed by atoms with Crippen molar-refractivity contribution >= 4 is 29.7 Å². The third-order valence-corrected chi connectivity index (χ3v) is 6.37. The fourth-order valence-electron chi connectivity index (χ4n) is 3.92. The lowest BCUT2D eigenvalue weighted by molar-refractivity contribution is -0.127. The Morgan fingerprint density at radius 2 is 1.90 bits per heavy atom. The molecule has 4 rings (SSSR count). The van der Waals surface area contributed by atoms with Crippen LogP contribution in [0, 0.1) is 0 Å². The second kappa shape index (κ2) is 9.14. The van der Waals surface area contributed by atoms with Crippen LogP contribution in [0.5, 0.6) is 0 Å². The number of likely N-dealkylation sites (N-methyl/N-ethyl adjacent to an activating group) is 1. The van der Waals surface area contributed by atoms with Crippen LogP contribution in [0.2, 0.25) is 0 Å². The number of imide groups is 1. The second-order valence-electron chi connectivity index (χ2n) is 7.32. The quantitative estimate of drug-likeness (QED) is 0.417. The largest absolute Gasteiger partial charge is 0.395 e. The molecule has 0 spiro atoms. The fraction of sp³-hybridized carbons (Fsp3) is 0.611. The van der Waals surface area contributed by atoms with Crippen LogP contribution in [-0.4, -0.2) is 123 Å². The van der Waals surface area contributed by atoms with E-state index in [-0.39, 0.29) is 12.5 Å². The van der Waals surface area contributed by atoms with Crippen LogP contribution in [0.3, 0.4) is 0 Å². The molecular weight excluding hydrogens is 408 g/mol. The fourth-order valence-corrected chi connectivity index (χ4v) is 4.66. The van der Waals surface area contributed by atoms with Gasteiger partial charge in [0.15, 0.2) is 23.3 Å². The van der Waals surface area contributed by atoms with Crippen molar-refractivity contribution in [1.29, 1.82) is 0 Å². The zero-order valence-corrected chi connectivity index (χ0v) is 17.7. The smallest absolute Gasteiger partial charge is 0.325 e. The third-order valence-electron chi connectivity index (χ3n) is 5.52. The van der Waals surface area contributed by atoms with Gasteiger partial charge in [-0.15, -0.1) is 0 Å². The number of carbonyl (C=O) groups is 2. The number of aliphatic hydroxyl groups excluding tert-OH is 1. The van der Waals surface area contributed by atoms with Gasteiger partial charge in [0.25, 0.3) is 5.91 Å². The van der Waals surface area contributed by atoms with Gasteiger partial charge >= 0.3 is 6.03 Å². The number of amides is 3. The van der Waals surface area contributed by atoms with E-state index in [0.717, 1.165) is 32.1 Å². The van der Waals surface area contributed by atoms with E-state index in [4.69, 9.17) is 4.99 Å². The Hall–Kier alpha value is -2.44. The molecule has 2 unspecified atom stereocenters. The summed E-state index contributed by atoms with van der Waals surface area (Å²) in [4.78, 5) is 45.9. The predicted molar refractivity (Wildman–Crippen MR) is 111 cm³/mol. The zero-order chi connectivity index (χ0) is 21.1. The molecule has 0 radical (unpaired) electrons. The van der Waals surface area contributed by atoms with Crippen molar-refractivity contribution in [2.75, 3.05) is 58.7 Å². The number of fused-ring (bicyclic) bond motifs is 1. The molecule has 3 amide bonds. The van der Waals surface area contributed by atoms with Crippen molar-refractivity contribution in [3.05, 3.63) is 18.5 Å². The molecule has 3 aliphatic rings. The van der Waals surface area contributed by atoms with Gasteiger partial charge in [-0.25, -0.2) is 19.8 Å². The molecule has 2 fully saturated rings. The first-order chi connectivity index (χ1) is 14.6. The molecule has 30 heavy (non-hydrogen) atoms. The van der Waals surface area contributed by atoms with E-state index in [0.29, 0.717) is 24.0 Å². The molecule has 1 aromatic heterocycles. The maximum absolute atomic E-state index is 12.7. The summed E-state index contributed by atoms with van der Waals surface area (Å²) in [6, 6.07) is 0.803. The number of piperazine rings is 1. The highest BCUT2D eigenvalue weighted by Crippen LogP contribution is 2.26. The number of nitrogens with zero attached hydrogens (tertiary/aromatic N) is 7. The molecule has 2 N–H and O–H groups in total. The lowest BCUT2D eigenvalue weighted by atomic mass is 10.1. The number of β-amino-alcohol motifs (C(OH)–C–C–N with tert-alkyl or cyclic N) is 1. The lowest BCUT2D eigenvalue weighted by Crippen LogP contribution is -2.64. The van der Waals surface area contributed by atoms with Gasteiger partial charge in [0.1, 0.15) is 0 Å². The first-order valence-electron chi connectivity index (χ1n) is 9.98. The Morgan fingerprint density at radius 3 is 2.60 bits per heavy atom. The standard InChI is InChI=1S/C18H26N8O3S/c1-23-14-13(15(28)22-18(23)29)26(10-12-30-16-19-3-2-4-20-16)17(21-14)25-7-5-24(6-8-25)9-11-27/h2-4,13-14,27H,5-12H2,1H3,(H,22,28,29). The minimum atomic E-state index is -0.546. The molecule has 162 valence electrons. The average Bonchev–Trinajstić information content (AvgIpc) is 3.14. The van der Waals surface area contributed by atoms with Crippen LogP contribution in [0.15, 0.2) is 28.6 Å². The van der Waals surface area contributed by atoms with Crippen molar-refractivity contribution in [3.63, 3.8) is 0 Å². The van der Waals surface area contributed by atoms with Gasteiger partial charge in [0, 0.05) is 64.5 Å². The second-order valence-corrected chi connectivity index (χ2v) is 8.38. The number of carbonyl (C=O) groups excluding carboxylic acids is 2. The number of aromatic nitrogens is 2. The number of aliphatic imine (C=N–C) groups is 1. The highest BCUT2D eigenvalue weighted by Gasteiger charge is 2.49. The maximum atomic E-state index is 12.7. The summed E-state index contributed by atoms with van der Waals surface area (Å²) >= 11 is 1.52. The number of hydrogen-bond donors (Lipinski definition) is 2. The van der Waals surface area contributed by atoms with E-state index in [1.54, 1.807) is 25.5 Å². The van der Waals surface area contributed by atoms with Gasteiger partial charge in [0.2, 0.25) is 0 Å². The summed E-state index contributed by atoms with van der Waals surface area (Å²) in [5, 5.41) is 12.3. The van der Waals surface area contributed by atoms with Gasteiger partial charge in [0.05, 0.1) is 6.61 Å². The number of rotatable bonds is 6. The molecule has 2 atom stereocenters. The number of hydrogen-bond acceptors (Lipinski definition) is 10. The van der Waals surface area contributed by atoms with Crippen molar-refractivity contribution in [1.82, 2.24) is 34.9 Å². The summed E-state index contributed by atoms with van der Waals surface area (Å²) in [6.07, 6.45) is 2.87. The monoisotopic (exact) mass is 434 g/mol. The number of thioether (sulfide) groups is 1. The number of aliphatic hydroxyl groups is 1. The molecule has 0 aromatic carbocycles. The van der Waals surface area contributed by atoms with E-state index in [9.17, 15) is 14.7 Å². The van der Waals surface area contributed by atoms with E-state index in [2.05, 4.69) is 25.1 Å². The molecule has 0 aliphatic carbocycles. The maximum Gasteiger partial charge on any atom is 0.325 e. The Kier molecular flexibility index (Phi) is 6.35. The Balaban J connectivity index is 1.49. The third kappa shape index (κ3) is 4.20. The molecule has 0 saturated carbocycles. The Morgan fingerprint density at radius 1 is 1.17 bits per heavy atom. The summed E-state index contributed by atoms with van der Waals surface area (Å²) < 4.78 is 0. The molecule has 12 heteroatoms. The summed E-state index contributed by atoms with van der Waals surface area (Å²) in [5.74, 6) is 1.11. The van der Waals surface area contributed by atoms with E-state index >= 15 is 0 Å². The molecular formula is C18H26N8O3S. The first kappa shape index (κ1) is 20.8. The first-order valence-corrected chi connectivity index (χ1v) is 11.0. The molecule has 4 heterocycles. The minimum absolute atomic E-state index is 0.142. The van der Waals surface area contributed by atoms with Crippen LogP contribution in [0.25, 0.3) is 0 Å². The SMILES string of the molecule is CN1C(=O)NC(=O)C2C1N=C(N1CCN(CCO)CC1)N2CCSc1ncccn1. The molecule has 3 aliphatic heterocycles. The van der Waals surface area contributed by atoms with Crippen molar-refractivity contribution in [2.45, 2.75) is 17.4 Å². The van der Waals surface area contributed by atoms with Gasteiger partial charge in [-0.3, -0.25) is 15.0 Å². The highest BCUT2D eigenvalue weighted by molar-refractivity contribution is 7.99. The van der Waals surface area contributed by atoms with Crippen LogP contribution >= 0.6 is 11.8 Å². The van der Waals surface area contributed by atoms with E-state index in [1.165, 1.54) is 16.7 Å². The summed E-state index contributed by atoms with van der Waals surface area (Å²) in [7, 11) is 1.66. The van der Waals surface area contributed by atoms with Crippen molar-refractivity contribution in [3.8, 4) is 0 Å². The summed E-state index contributed by atoms with van der Waals surface area (Å²) in [6.45, 7) is 4.51. The number of guanidine groups is 1. The molecule has 11 nitrogen and oxygen atoms in total. The molecule has 1 aromatic rings. The van der Waals surface area contributed by atoms with Gasteiger partial charge in [-0.1, -0.05) is 11.8 Å². The molecule has 0 bridgehead atoms. The van der Waals surface area contributed by atoms with Crippen LogP contribution in [0.1, 0.15) is 0 Å². The van der Waals surface area contributed by atoms with E-state index < -0.39 is 18.2 Å². The van der Waals surface area contributed by atoms with Gasteiger partial charge in [-0.05, 0) is 6.07 Å². The normalized spacial score (nSPS) is 24.7. The van der Waals surface area contributed by atoms with Crippen LogP contribution < -0.4 is 5.32 Å². The van der Waals surface area contributed by atoms with Gasteiger partial charge < -0.3 is 19.8 Å². The summed E-state index contributed by atoms with van der Waals surface area (Å²) in [5.41, 5.74) is 0. The van der Waals surface area contributed by atoms with Crippen LogP contribution in [0.4, 0.5) is 4.79 Å². The number of nitrogens with one attached hydrogen (secondary N) is 1. The predicted octanol–water partition coefficient (Wildman–Crippen LogP) is -1.27. The average molecular weight is 435 g/mol. The Bertz CT molecular complexity index is 802. The lowest BCUT2D eigenvalue weighted by Gasteiger charge is -2.40. The van der Waals surface area contributed by atoms with E-state index in [1.807, 2.05) is 4.90 Å². The minimum Gasteiger partial charge on any atom is -0.395 e. The van der Waals surface area contributed by atoms with Crippen molar-refractivity contribution in [2.24, 2.45) is 4.99 Å². The van der Waals surface area contributed by atoms with Crippen molar-refractivity contribution < 1.29 is 14.7 Å². The van der Waals surface area contributed by atoms with Crippen LogP contribution in [-0.2, 0) is 4.79 Å². The Labute approximate surface area is 179 Å². The topological polar surface area (TPSA) is 118 Å². The van der Waals surface area contributed by atoms with Gasteiger partial charge in [-0.2, -0.15) is 0 Å². The zero-order valence-electron chi connectivity index (χ0n) is 16.8. The highest BCUT2D eigenvalue weighted by atomic mass is 32.2.